The molecule has 0 spiro atoms. The molecule has 58 valence electrons. The van der Waals surface area contributed by atoms with Gasteiger partial charge in [0.25, 0.3) is 0 Å². The quantitative estimate of drug-likeness (QED) is 0.426. The summed E-state index contributed by atoms with van der Waals surface area (Å²) in [6.45, 7) is 1.46. The molecule has 0 aromatic rings. The number of rotatable bonds is 2. The van der Waals surface area contributed by atoms with E-state index in [-0.39, 0.29) is 13.2 Å². The van der Waals surface area contributed by atoms with Crippen LogP contribution in [-0.2, 0) is 14.3 Å². The van der Waals surface area contributed by atoms with Crippen LogP contribution in [-0.4, -0.2) is 25.3 Å². The number of nitrogens with two attached hydrogens (primary N) is 1. The minimum Gasteiger partial charge on any atom is -0.434 e. The van der Waals surface area contributed by atoms with Crippen molar-refractivity contribution < 1.29 is 19.1 Å². The van der Waals surface area contributed by atoms with Crippen LogP contribution in [0.1, 0.15) is 6.92 Å². The predicted octanol–water partition coefficient (Wildman–Crippen LogP) is -0.355. The van der Waals surface area contributed by atoms with Crippen molar-refractivity contribution in [2.24, 2.45) is 5.73 Å². The standard InChI is InChI=1S/C5H9NO4/c1-2-9-5(8)10-4(7)3-6/h2-3,6H2,1H3. The topological polar surface area (TPSA) is 78.6 Å². The van der Waals surface area contributed by atoms with Crippen LogP contribution in [0.3, 0.4) is 0 Å². The summed E-state index contributed by atoms with van der Waals surface area (Å²) in [5.41, 5.74) is 4.83. The molecule has 0 aliphatic carbocycles. The molecule has 5 heteroatoms. The smallest absolute Gasteiger partial charge is 0.434 e. The number of carbonyl (C=O) groups is 2. The van der Waals surface area contributed by atoms with Crippen molar-refractivity contribution in [1.82, 2.24) is 0 Å². The lowest BCUT2D eigenvalue weighted by Gasteiger charge is -1.99. The van der Waals surface area contributed by atoms with Crippen molar-refractivity contribution in [1.29, 1.82) is 0 Å². The maximum atomic E-state index is 10.3. The van der Waals surface area contributed by atoms with Crippen LogP contribution in [0.2, 0.25) is 0 Å². The molecule has 0 atom stereocenters. The number of hydrogen-bond acceptors (Lipinski definition) is 5. The van der Waals surface area contributed by atoms with E-state index in [0.717, 1.165) is 0 Å². The molecule has 0 bridgehead atoms. The van der Waals surface area contributed by atoms with Crippen molar-refractivity contribution >= 4 is 12.1 Å². The first-order valence-corrected chi connectivity index (χ1v) is 2.78. The molecule has 0 aliphatic rings. The molecular formula is C5H9NO4. The molecule has 0 saturated carbocycles. The SMILES string of the molecule is CCOC(=O)OC(=O)CN. The zero-order valence-electron chi connectivity index (χ0n) is 5.62. The normalized spacial score (nSPS) is 8.60. The fourth-order valence-corrected chi connectivity index (χ4v) is 0.282. The molecule has 0 aliphatic heterocycles. The molecule has 0 aromatic carbocycles. The van der Waals surface area contributed by atoms with Crippen LogP contribution < -0.4 is 5.73 Å². The summed E-state index contributed by atoms with van der Waals surface area (Å²) in [7, 11) is 0. The van der Waals surface area contributed by atoms with E-state index < -0.39 is 12.1 Å². The lowest BCUT2D eigenvalue weighted by atomic mass is 10.7. The Bertz CT molecular complexity index is 134. The first kappa shape index (κ1) is 8.90. The highest BCUT2D eigenvalue weighted by molar-refractivity contribution is 5.82. The highest BCUT2D eigenvalue weighted by atomic mass is 16.7. The largest absolute Gasteiger partial charge is 0.516 e. The molecule has 0 fully saturated rings. The Morgan fingerprint density at radius 1 is 1.50 bits per heavy atom. The number of esters is 1. The lowest BCUT2D eigenvalue weighted by molar-refractivity contribution is -0.138. The third-order valence-electron chi connectivity index (χ3n) is 0.626. The van der Waals surface area contributed by atoms with Gasteiger partial charge < -0.3 is 15.2 Å². The van der Waals surface area contributed by atoms with Crippen molar-refractivity contribution in [3.63, 3.8) is 0 Å². The van der Waals surface area contributed by atoms with E-state index >= 15 is 0 Å². The molecule has 0 aromatic heterocycles. The average molecular weight is 147 g/mol. The van der Waals surface area contributed by atoms with E-state index in [9.17, 15) is 9.59 Å². The molecule has 0 saturated heterocycles. The van der Waals surface area contributed by atoms with Gasteiger partial charge in [-0.1, -0.05) is 0 Å². The summed E-state index contributed by atoms with van der Waals surface area (Å²) in [6, 6.07) is 0. The van der Waals surface area contributed by atoms with Crippen LogP contribution in [0.15, 0.2) is 0 Å². The van der Waals surface area contributed by atoms with Gasteiger partial charge in [0.05, 0.1) is 13.2 Å². The minimum absolute atomic E-state index is 0.177. The van der Waals surface area contributed by atoms with Gasteiger partial charge in [0, 0.05) is 0 Å². The van der Waals surface area contributed by atoms with Crippen LogP contribution in [0.5, 0.6) is 0 Å². The van der Waals surface area contributed by atoms with Crippen LogP contribution in [0.4, 0.5) is 4.79 Å². The monoisotopic (exact) mass is 147 g/mol. The fourth-order valence-electron chi connectivity index (χ4n) is 0.282. The molecule has 5 nitrogen and oxygen atoms in total. The molecule has 10 heavy (non-hydrogen) atoms. The van der Waals surface area contributed by atoms with E-state index in [0.29, 0.717) is 0 Å². The summed E-state index contributed by atoms with van der Waals surface area (Å²) in [6.07, 6.45) is -1.00. The maximum absolute atomic E-state index is 10.3. The van der Waals surface area contributed by atoms with Crippen molar-refractivity contribution in [2.45, 2.75) is 6.92 Å². The Morgan fingerprint density at radius 2 is 2.10 bits per heavy atom. The number of carbonyl (C=O) groups excluding carboxylic acids is 2. The van der Waals surface area contributed by atoms with Gasteiger partial charge in [-0.05, 0) is 6.92 Å². The first-order valence-electron chi connectivity index (χ1n) is 2.78. The molecule has 0 unspecified atom stereocenters. The van der Waals surface area contributed by atoms with Gasteiger partial charge in [-0.3, -0.25) is 4.79 Å². The highest BCUT2D eigenvalue weighted by Crippen LogP contribution is 1.83. The third kappa shape index (κ3) is 3.85. The second-order valence-electron chi connectivity index (χ2n) is 1.36. The maximum Gasteiger partial charge on any atom is 0.516 e. The van der Waals surface area contributed by atoms with Gasteiger partial charge in [-0.2, -0.15) is 0 Å². The Morgan fingerprint density at radius 3 is 2.50 bits per heavy atom. The van der Waals surface area contributed by atoms with E-state index in [1.807, 2.05) is 0 Å². The van der Waals surface area contributed by atoms with Crippen LogP contribution >= 0.6 is 0 Å². The van der Waals surface area contributed by atoms with Crippen molar-refractivity contribution in [3.8, 4) is 0 Å². The molecular weight excluding hydrogens is 138 g/mol. The molecule has 2 N–H and O–H groups in total. The Labute approximate surface area is 58.1 Å². The van der Waals surface area contributed by atoms with E-state index in [2.05, 4.69) is 9.47 Å². The summed E-state index contributed by atoms with van der Waals surface area (Å²) in [5.74, 6) is -0.793. The van der Waals surface area contributed by atoms with E-state index in [4.69, 9.17) is 5.73 Å². The van der Waals surface area contributed by atoms with Gasteiger partial charge in [0.15, 0.2) is 0 Å². The van der Waals surface area contributed by atoms with Crippen molar-refractivity contribution in [2.75, 3.05) is 13.2 Å². The average Bonchev–Trinajstić information content (AvgIpc) is 1.88. The molecule has 0 heterocycles. The molecule has 0 radical (unpaired) electrons. The van der Waals surface area contributed by atoms with Crippen molar-refractivity contribution in [3.05, 3.63) is 0 Å². The molecule has 0 rings (SSSR count). The molecule has 0 amide bonds. The van der Waals surface area contributed by atoms with Crippen LogP contribution in [0, 0.1) is 0 Å². The predicted molar refractivity (Wildman–Crippen MR) is 32.2 cm³/mol. The summed E-state index contributed by atoms with van der Waals surface area (Å²) >= 11 is 0. The zero-order chi connectivity index (χ0) is 7.98. The Balaban J connectivity index is 3.47. The van der Waals surface area contributed by atoms with Gasteiger partial charge >= 0.3 is 12.1 Å². The Hall–Kier alpha value is -1.10. The summed E-state index contributed by atoms with van der Waals surface area (Å²) < 4.78 is 8.29. The number of ether oxygens (including phenoxy) is 2. The fraction of sp³-hybridized carbons (Fsp3) is 0.600. The second kappa shape index (κ2) is 4.75. The zero-order valence-corrected chi connectivity index (χ0v) is 5.62. The summed E-state index contributed by atoms with van der Waals surface area (Å²) in [4.78, 5) is 20.5. The van der Waals surface area contributed by atoms with E-state index in [1.165, 1.54) is 0 Å². The summed E-state index contributed by atoms with van der Waals surface area (Å²) in [5, 5.41) is 0. The Kier molecular flexibility index (Phi) is 4.23. The van der Waals surface area contributed by atoms with E-state index in [1.54, 1.807) is 6.92 Å². The van der Waals surface area contributed by atoms with Gasteiger partial charge in [-0.25, -0.2) is 4.79 Å². The van der Waals surface area contributed by atoms with Gasteiger partial charge in [0.2, 0.25) is 0 Å². The lowest BCUT2D eigenvalue weighted by Crippen LogP contribution is -2.21. The minimum atomic E-state index is -1.00. The third-order valence-corrected chi connectivity index (χ3v) is 0.626. The second-order valence-corrected chi connectivity index (χ2v) is 1.36. The van der Waals surface area contributed by atoms with Gasteiger partial charge in [0.1, 0.15) is 0 Å². The highest BCUT2D eigenvalue weighted by Gasteiger charge is 2.07. The van der Waals surface area contributed by atoms with Gasteiger partial charge in [-0.15, -0.1) is 0 Å². The number of hydrogen-bond donors (Lipinski definition) is 1. The first-order chi connectivity index (χ1) is 4.70. The van der Waals surface area contributed by atoms with Crippen LogP contribution in [0.25, 0.3) is 0 Å².